The smallest absolute Gasteiger partial charge is 0.416 e. The molecule has 1 saturated heterocycles. The molecule has 0 saturated carbocycles. The molecule has 0 aromatic heterocycles. The van der Waals surface area contributed by atoms with Gasteiger partial charge in [0.25, 0.3) is 17.5 Å². The van der Waals surface area contributed by atoms with E-state index < -0.39 is 62.1 Å². The van der Waals surface area contributed by atoms with Gasteiger partial charge in [-0.1, -0.05) is 6.07 Å². The number of nitro groups is 2. The molecule has 0 radical (unpaired) electrons. The Morgan fingerprint density at radius 3 is 2.17 bits per heavy atom. The lowest BCUT2D eigenvalue weighted by Gasteiger charge is -2.26. The summed E-state index contributed by atoms with van der Waals surface area (Å²) in [6.07, 6.45) is -3.72. The summed E-state index contributed by atoms with van der Waals surface area (Å²) in [5.41, 5.74) is -3.08. The molecule has 12 nitrogen and oxygen atoms in total. The summed E-state index contributed by atoms with van der Waals surface area (Å²) in [6, 6.07) is 7.92. The van der Waals surface area contributed by atoms with Gasteiger partial charge in [0.2, 0.25) is 5.75 Å². The van der Waals surface area contributed by atoms with Gasteiger partial charge in [-0.15, -0.1) is 0 Å². The predicted molar refractivity (Wildman–Crippen MR) is 142 cm³/mol. The lowest BCUT2D eigenvalue weighted by atomic mass is 10.1. The van der Waals surface area contributed by atoms with Gasteiger partial charge in [0.1, 0.15) is 5.57 Å². The van der Waals surface area contributed by atoms with Gasteiger partial charge in [0, 0.05) is 18.2 Å². The Bertz CT molecular complexity index is 1670. The number of nitrogens with one attached hydrogen (secondary N) is 1. The highest BCUT2D eigenvalue weighted by atomic mass is 79.9. The largest absolute Gasteiger partial charge is 0.448 e. The highest BCUT2D eigenvalue weighted by Crippen LogP contribution is 2.43. The molecule has 3 aromatic rings. The third-order valence-electron chi connectivity index (χ3n) is 5.43. The number of urea groups is 1. The molecule has 0 atom stereocenters. The fourth-order valence-electron chi connectivity index (χ4n) is 3.60. The van der Waals surface area contributed by atoms with Crippen molar-refractivity contribution in [3.05, 3.63) is 100 Å². The van der Waals surface area contributed by atoms with Crippen LogP contribution in [-0.4, -0.2) is 27.7 Å². The van der Waals surface area contributed by atoms with E-state index in [0.29, 0.717) is 17.0 Å². The van der Waals surface area contributed by atoms with Crippen LogP contribution < -0.4 is 15.0 Å². The molecule has 210 valence electrons. The SMILES string of the molecule is O=C1NC(=O)N(c2cccc([N+](=O)[O-])c2)C(=O)/C1=C/c1cc(Br)c(Oc2ccc(C(F)(F)F)cc2[N+](=O)[O-])c(Br)c1. The Balaban J connectivity index is 1.69. The van der Waals surface area contributed by atoms with Crippen molar-refractivity contribution in [2.45, 2.75) is 6.18 Å². The first-order valence-electron chi connectivity index (χ1n) is 10.9. The second-order valence-corrected chi connectivity index (χ2v) is 9.80. The summed E-state index contributed by atoms with van der Waals surface area (Å²) in [5, 5.41) is 24.5. The number of imide groups is 2. The second kappa shape index (κ2) is 11.1. The first-order chi connectivity index (χ1) is 19.2. The van der Waals surface area contributed by atoms with Crippen molar-refractivity contribution >= 4 is 72.8 Å². The van der Waals surface area contributed by atoms with E-state index in [4.69, 9.17) is 4.74 Å². The standard InChI is InChI=1S/C24H11Br2F3N4O8/c25-16-7-11(8-17(26)20(16)41-19-5-4-12(24(27,28)29)9-18(19)33(39)40)6-15-21(34)30-23(36)31(22(15)35)13-2-1-3-14(10-13)32(37)38/h1-10H,(H,30,34,36)/b15-6+. The van der Waals surface area contributed by atoms with Crippen molar-refractivity contribution < 1.29 is 42.1 Å². The number of non-ortho nitro benzene ring substituents is 1. The van der Waals surface area contributed by atoms with Crippen LogP contribution in [0.3, 0.4) is 0 Å². The van der Waals surface area contributed by atoms with Crippen molar-refractivity contribution in [1.29, 1.82) is 0 Å². The van der Waals surface area contributed by atoms with Crippen LogP contribution in [0.5, 0.6) is 11.5 Å². The minimum Gasteiger partial charge on any atom is -0.448 e. The first-order valence-corrected chi connectivity index (χ1v) is 12.4. The maximum absolute atomic E-state index is 13.1. The lowest BCUT2D eigenvalue weighted by Crippen LogP contribution is -2.54. The monoisotopic (exact) mass is 698 g/mol. The molecule has 4 rings (SSSR count). The molecule has 3 aromatic carbocycles. The summed E-state index contributed by atoms with van der Waals surface area (Å²) in [6.45, 7) is 0. The molecule has 17 heteroatoms. The van der Waals surface area contributed by atoms with Gasteiger partial charge in [0.15, 0.2) is 5.75 Å². The van der Waals surface area contributed by atoms with Crippen LogP contribution in [-0.2, 0) is 15.8 Å². The van der Waals surface area contributed by atoms with Crippen LogP contribution in [0.4, 0.5) is 35.0 Å². The molecular formula is C24H11Br2F3N4O8. The number of alkyl halides is 3. The van der Waals surface area contributed by atoms with E-state index in [9.17, 15) is 47.8 Å². The van der Waals surface area contributed by atoms with Crippen LogP contribution in [0, 0.1) is 20.2 Å². The number of benzene rings is 3. The average molecular weight is 700 g/mol. The molecule has 41 heavy (non-hydrogen) atoms. The molecule has 0 bridgehead atoms. The van der Waals surface area contributed by atoms with Gasteiger partial charge < -0.3 is 4.74 Å². The summed E-state index contributed by atoms with van der Waals surface area (Å²) in [4.78, 5) is 59.3. The number of hydrogen-bond acceptors (Lipinski definition) is 8. The molecule has 1 fully saturated rings. The van der Waals surface area contributed by atoms with E-state index in [-0.39, 0.29) is 25.9 Å². The average Bonchev–Trinajstić information content (AvgIpc) is 2.88. The number of carbonyl (C=O) groups is 3. The van der Waals surface area contributed by atoms with E-state index in [1.54, 1.807) is 0 Å². The van der Waals surface area contributed by atoms with Crippen LogP contribution >= 0.6 is 31.9 Å². The van der Waals surface area contributed by atoms with Gasteiger partial charge in [0.05, 0.1) is 30.0 Å². The molecule has 0 spiro atoms. The number of halogens is 5. The number of rotatable bonds is 6. The van der Waals surface area contributed by atoms with Crippen LogP contribution in [0.2, 0.25) is 0 Å². The number of ether oxygens (including phenoxy) is 1. The predicted octanol–water partition coefficient (Wildman–Crippen LogP) is 6.51. The zero-order chi connectivity index (χ0) is 30.2. The molecule has 1 heterocycles. The quantitative estimate of drug-likeness (QED) is 0.132. The van der Waals surface area contributed by atoms with E-state index in [1.165, 1.54) is 24.3 Å². The minimum absolute atomic E-state index is 0.0807. The van der Waals surface area contributed by atoms with Gasteiger partial charge in [-0.05, 0) is 73.8 Å². The van der Waals surface area contributed by atoms with E-state index in [1.807, 2.05) is 5.32 Å². The number of hydrogen-bond donors (Lipinski definition) is 1. The van der Waals surface area contributed by atoms with E-state index in [0.717, 1.165) is 24.3 Å². The number of nitro benzene ring substituents is 2. The van der Waals surface area contributed by atoms with Crippen molar-refractivity contribution in [2.24, 2.45) is 0 Å². The van der Waals surface area contributed by atoms with Crippen LogP contribution in [0.25, 0.3) is 6.08 Å². The maximum Gasteiger partial charge on any atom is 0.416 e. The Hall–Kier alpha value is -4.64. The van der Waals surface area contributed by atoms with E-state index >= 15 is 0 Å². The Labute approximate surface area is 242 Å². The minimum atomic E-state index is -4.82. The summed E-state index contributed by atoms with van der Waals surface area (Å²) in [5.74, 6) is -2.70. The molecule has 1 aliphatic heterocycles. The molecular weight excluding hydrogens is 689 g/mol. The van der Waals surface area contributed by atoms with Crippen molar-refractivity contribution in [3.8, 4) is 11.5 Å². The summed E-state index contributed by atoms with van der Waals surface area (Å²) in [7, 11) is 0. The molecule has 4 amide bonds. The second-order valence-electron chi connectivity index (χ2n) is 8.09. The van der Waals surface area contributed by atoms with Gasteiger partial charge in [-0.25, -0.2) is 9.69 Å². The van der Waals surface area contributed by atoms with Crippen molar-refractivity contribution in [1.82, 2.24) is 5.32 Å². The number of carbonyl (C=O) groups excluding carboxylic acids is 3. The zero-order valence-corrected chi connectivity index (χ0v) is 22.9. The fraction of sp³-hybridized carbons (Fsp3) is 0.0417. The summed E-state index contributed by atoms with van der Waals surface area (Å²) >= 11 is 6.38. The lowest BCUT2D eigenvalue weighted by molar-refractivity contribution is -0.385. The van der Waals surface area contributed by atoms with Crippen molar-refractivity contribution in [2.75, 3.05) is 4.90 Å². The maximum atomic E-state index is 13.1. The highest BCUT2D eigenvalue weighted by molar-refractivity contribution is 9.11. The molecule has 0 unspecified atom stereocenters. The Kier molecular flexibility index (Phi) is 7.94. The normalized spacial score (nSPS) is 14.7. The van der Waals surface area contributed by atoms with Gasteiger partial charge >= 0.3 is 17.9 Å². The molecule has 1 N–H and O–H groups in total. The molecule has 1 aliphatic rings. The van der Waals surface area contributed by atoms with Crippen molar-refractivity contribution in [3.63, 3.8) is 0 Å². The van der Waals surface area contributed by atoms with Crippen LogP contribution in [0.15, 0.2) is 69.1 Å². The topological polar surface area (TPSA) is 162 Å². The molecule has 0 aliphatic carbocycles. The van der Waals surface area contributed by atoms with Gasteiger partial charge in [-0.2, -0.15) is 13.2 Å². The third kappa shape index (κ3) is 6.09. The third-order valence-corrected chi connectivity index (χ3v) is 6.61. The first kappa shape index (κ1) is 29.3. The van der Waals surface area contributed by atoms with Crippen LogP contribution in [0.1, 0.15) is 11.1 Å². The Morgan fingerprint density at radius 2 is 1.59 bits per heavy atom. The summed E-state index contributed by atoms with van der Waals surface area (Å²) < 4.78 is 44.8. The van der Waals surface area contributed by atoms with E-state index in [2.05, 4.69) is 31.9 Å². The van der Waals surface area contributed by atoms with Gasteiger partial charge in [-0.3, -0.25) is 35.1 Å². The number of anilines is 1. The fourth-order valence-corrected chi connectivity index (χ4v) is 4.98. The zero-order valence-electron chi connectivity index (χ0n) is 19.8. The Morgan fingerprint density at radius 1 is 0.927 bits per heavy atom. The highest BCUT2D eigenvalue weighted by Gasteiger charge is 2.37. The number of barbiturate groups is 1. The number of nitrogens with zero attached hydrogens (tertiary/aromatic N) is 3. The number of amides is 4.